The summed E-state index contributed by atoms with van der Waals surface area (Å²) < 4.78 is 5.23. The number of piperidine rings is 1. The SMILES string of the molecule is CCOc1ccc(C(=O)N2CCC(C(=O)O)CC2)cn1. The van der Waals surface area contributed by atoms with Gasteiger partial charge in [-0.2, -0.15) is 0 Å². The molecule has 1 aliphatic rings. The molecule has 0 aliphatic carbocycles. The molecule has 1 fully saturated rings. The molecule has 1 amide bonds. The van der Waals surface area contributed by atoms with E-state index >= 15 is 0 Å². The van der Waals surface area contributed by atoms with E-state index in [1.54, 1.807) is 17.0 Å². The van der Waals surface area contributed by atoms with Crippen LogP contribution in [-0.2, 0) is 4.79 Å². The molecule has 0 unspecified atom stereocenters. The predicted molar refractivity (Wildman–Crippen MR) is 71.7 cm³/mol. The van der Waals surface area contributed by atoms with E-state index in [1.807, 2.05) is 6.92 Å². The van der Waals surface area contributed by atoms with Crippen molar-refractivity contribution in [3.63, 3.8) is 0 Å². The fourth-order valence-corrected chi connectivity index (χ4v) is 2.25. The zero-order chi connectivity index (χ0) is 14.5. The van der Waals surface area contributed by atoms with E-state index < -0.39 is 5.97 Å². The van der Waals surface area contributed by atoms with Gasteiger partial charge in [-0.05, 0) is 25.8 Å². The lowest BCUT2D eigenvalue weighted by molar-refractivity contribution is -0.143. The Morgan fingerprint density at radius 3 is 2.60 bits per heavy atom. The zero-order valence-electron chi connectivity index (χ0n) is 11.4. The van der Waals surface area contributed by atoms with Gasteiger partial charge in [-0.3, -0.25) is 9.59 Å². The molecular weight excluding hydrogens is 260 g/mol. The standard InChI is InChI=1S/C14H18N2O4/c1-2-20-12-4-3-11(9-15-12)13(17)16-7-5-10(6-8-16)14(18)19/h3-4,9-10H,2,5-8H2,1H3,(H,18,19). The molecule has 0 bridgehead atoms. The van der Waals surface area contributed by atoms with Gasteiger partial charge in [0.15, 0.2) is 0 Å². The third-order valence-corrected chi connectivity index (χ3v) is 3.41. The highest BCUT2D eigenvalue weighted by atomic mass is 16.5. The van der Waals surface area contributed by atoms with Gasteiger partial charge in [0.05, 0.1) is 18.1 Å². The first-order chi connectivity index (χ1) is 9.61. The fourth-order valence-electron chi connectivity index (χ4n) is 2.25. The van der Waals surface area contributed by atoms with E-state index in [-0.39, 0.29) is 11.8 Å². The van der Waals surface area contributed by atoms with Gasteiger partial charge in [0.2, 0.25) is 5.88 Å². The molecule has 0 spiro atoms. The van der Waals surface area contributed by atoms with E-state index in [9.17, 15) is 9.59 Å². The summed E-state index contributed by atoms with van der Waals surface area (Å²) in [5.74, 6) is -0.727. The summed E-state index contributed by atoms with van der Waals surface area (Å²) in [7, 11) is 0. The van der Waals surface area contributed by atoms with Crippen LogP contribution in [0.3, 0.4) is 0 Å². The molecule has 0 saturated carbocycles. The summed E-state index contributed by atoms with van der Waals surface area (Å²) >= 11 is 0. The summed E-state index contributed by atoms with van der Waals surface area (Å²) in [5.41, 5.74) is 0.502. The van der Waals surface area contributed by atoms with Crippen LogP contribution in [0.15, 0.2) is 18.3 Å². The average Bonchev–Trinajstić information content (AvgIpc) is 2.48. The molecule has 2 rings (SSSR count). The van der Waals surface area contributed by atoms with Crippen LogP contribution in [0.2, 0.25) is 0 Å². The van der Waals surface area contributed by atoms with Crippen LogP contribution in [0, 0.1) is 5.92 Å². The largest absolute Gasteiger partial charge is 0.481 e. The minimum Gasteiger partial charge on any atom is -0.481 e. The average molecular weight is 278 g/mol. The molecule has 108 valence electrons. The molecular formula is C14H18N2O4. The number of likely N-dealkylation sites (tertiary alicyclic amines) is 1. The Balaban J connectivity index is 1.96. The van der Waals surface area contributed by atoms with Crippen LogP contribution >= 0.6 is 0 Å². The van der Waals surface area contributed by atoms with Crippen molar-refractivity contribution < 1.29 is 19.4 Å². The first kappa shape index (κ1) is 14.3. The molecule has 0 radical (unpaired) electrons. The van der Waals surface area contributed by atoms with Crippen molar-refractivity contribution in [2.24, 2.45) is 5.92 Å². The van der Waals surface area contributed by atoms with Crippen molar-refractivity contribution >= 4 is 11.9 Å². The third-order valence-electron chi connectivity index (χ3n) is 3.41. The Labute approximate surface area is 117 Å². The lowest BCUT2D eigenvalue weighted by Gasteiger charge is -2.30. The van der Waals surface area contributed by atoms with E-state index in [1.165, 1.54) is 6.20 Å². The molecule has 6 heteroatoms. The number of hydrogen-bond acceptors (Lipinski definition) is 4. The smallest absolute Gasteiger partial charge is 0.306 e. The number of carboxylic acids is 1. The van der Waals surface area contributed by atoms with Gasteiger partial charge in [0.1, 0.15) is 0 Å². The summed E-state index contributed by atoms with van der Waals surface area (Å²) in [4.78, 5) is 28.9. The lowest BCUT2D eigenvalue weighted by atomic mass is 9.97. The maximum atomic E-state index is 12.2. The maximum Gasteiger partial charge on any atom is 0.306 e. The molecule has 1 aromatic heterocycles. The number of rotatable bonds is 4. The summed E-state index contributed by atoms with van der Waals surface area (Å²) in [5, 5.41) is 8.93. The van der Waals surface area contributed by atoms with Crippen molar-refractivity contribution in [3.8, 4) is 5.88 Å². The molecule has 1 aromatic rings. The van der Waals surface area contributed by atoms with E-state index in [4.69, 9.17) is 9.84 Å². The van der Waals surface area contributed by atoms with Gasteiger partial charge in [0, 0.05) is 25.4 Å². The predicted octanol–water partition coefficient (Wildman–Crippen LogP) is 1.42. The van der Waals surface area contributed by atoms with Gasteiger partial charge < -0.3 is 14.7 Å². The molecule has 2 heterocycles. The third kappa shape index (κ3) is 3.26. The first-order valence-corrected chi connectivity index (χ1v) is 6.72. The number of carbonyl (C=O) groups is 2. The molecule has 1 N–H and O–H groups in total. The highest BCUT2D eigenvalue weighted by Gasteiger charge is 2.27. The van der Waals surface area contributed by atoms with Gasteiger partial charge in [-0.1, -0.05) is 0 Å². The number of carboxylic acid groups (broad SMARTS) is 1. The highest BCUT2D eigenvalue weighted by molar-refractivity contribution is 5.94. The minimum atomic E-state index is -0.778. The maximum absolute atomic E-state index is 12.2. The Morgan fingerprint density at radius 2 is 2.10 bits per heavy atom. The van der Waals surface area contributed by atoms with Crippen molar-refractivity contribution in [1.29, 1.82) is 0 Å². The highest BCUT2D eigenvalue weighted by Crippen LogP contribution is 2.19. The first-order valence-electron chi connectivity index (χ1n) is 6.72. The van der Waals surface area contributed by atoms with Crippen LogP contribution in [0.25, 0.3) is 0 Å². The summed E-state index contributed by atoms with van der Waals surface area (Å²) in [6.07, 6.45) is 2.51. The molecule has 1 saturated heterocycles. The van der Waals surface area contributed by atoms with E-state index in [0.29, 0.717) is 44.0 Å². The minimum absolute atomic E-state index is 0.107. The number of aliphatic carboxylic acids is 1. The Bertz CT molecular complexity index is 478. The molecule has 0 aromatic carbocycles. The van der Waals surface area contributed by atoms with Crippen molar-refractivity contribution in [3.05, 3.63) is 23.9 Å². The number of ether oxygens (including phenoxy) is 1. The lowest BCUT2D eigenvalue weighted by Crippen LogP contribution is -2.40. The second-order valence-corrected chi connectivity index (χ2v) is 4.72. The van der Waals surface area contributed by atoms with E-state index in [0.717, 1.165) is 0 Å². The Kier molecular flexibility index (Phi) is 4.55. The molecule has 1 aliphatic heterocycles. The number of nitrogens with zero attached hydrogens (tertiary/aromatic N) is 2. The fraction of sp³-hybridized carbons (Fsp3) is 0.500. The van der Waals surface area contributed by atoms with Crippen molar-refractivity contribution in [2.75, 3.05) is 19.7 Å². The number of hydrogen-bond donors (Lipinski definition) is 1. The van der Waals surface area contributed by atoms with Crippen molar-refractivity contribution in [1.82, 2.24) is 9.88 Å². The normalized spacial score (nSPS) is 15.9. The van der Waals surface area contributed by atoms with E-state index in [2.05, 4.69) is 4.98 Å². The molecule has 0 atom stereocenters. The van der Waals surface area contributed by atoms with Gasteiger partial charge in [-0.25, -0.2) is 4.98 Å². The van der Waals surface area contributed by atoms with Crippen LogP contribution < -0.4 is 4.74 Å². The number of amides is 1. The monoisotopic (exact) mass is 278 g/mol. The zero-order valence-corrected chi connectivity index (χ0v) is 11.4. The Morgan fingerprint density at radius 1 is 1.40 bits per heavy atom. The van der Waals surface area contributed by atoms with Gasteiger partial charge in [0.25, 0.3) is 5.91 Å². The quantitative estimate of drug-likeness (QED) is 0.901. The molecule has 6 nitrogen and oxygen atoms in total. The summed E-state index contributed by atoms with van der Waals surface area (Å²) in [6, 6.07) is 3.35. The van der Waals surface area contributed by atoms with Crippen LogP contribution in [0.1, 0.15) is 30.1 Å². The Hall–Kier alpha value is -2.11. The number of aromatic nitrogens is 1. The number of carbonyl (C=O) groups excluding carboxylic acids is 1. The summed E-state index contributed by atoms with van der Waals surface area (Å²) in [6.45, 7) is 3.35. The number of pyridine rings is 1. The molecule has 20 heavy (non-hydrogen) atoms. The second kappa shape index (κ2) is 6.36. The van der Waals surface area contributed by atoms with Gasteiger partial charge >= 0.3 is 5.97 Å². The second-order valence-electron chi connectivity index (χ2n) is 4.72. The van der Waals surface area contributed by atoms with Crippen LogP contribution in [-0.4, -0.2) is 46.6 Å². The topological polar surface area (TPSA) is 79.7 Å². The van der Waals surface area contributed by atoms with Gasteiger partial charge in [-0.15, -0.1) is 0 Å². The van der Waals surface area contributed by atoms with Crippen LogP contribution in [0.4, 0.5) is 0 Å². The van der Waals surface area contributed by atoms with Crippen molar-refractivity contribution in [2.45, 2.75) is 19.8 Å². The van der Waals surface area contributed by atoms with Crippen LogP contribution in [0.5, 0.6) is 5.88 Å².